The van der Waals surface area contributed by atoms with Gasteiger partial charge in [-0.3, -0.25) is 4.79 Å². The lowest BCUT2D eigenvalue weighted by Gasteiger charge is -2.16. The Balaban J connectivity index is 2.02. The van der Waals surface area contributed by atoms with Crippen molar-refractivity contribution >= 4 is 28.8 Å². The Hall–Kier alpha value is -0.610. The van der Waals surface area contributed by atoms with Crippen molar-refractivity contribution in [3.05, 3.63) is 16.1 Å². The first kappa shape index (κ1) is 13.8. The van der Waals surface area contributed by atoms with Gasteiger partial charge in [0.05, 0.1) is 12.2 Å². The molecule has 2 rings (SSSR count). The third kappa shape index (κ3) is 3.04. The fourth-order valence-electron chi connectivity index (χ4n) is 2.00. The van der Waals surface area contributed by atoms with E-state index in [4.69, 9.17) is 11.6 Å². The number of rotatable bonds is 3. The number of nitrogens with zero attached hydrogens (tertiary/aromatic N) is 2. The topological polar surface area (TPSA) is 33.2 Å². The van der Waals surface area contributed by atoms with Gasteiger partial charge in [-0.05, 0) is 5.92 Å². The molecule has 1 aliphatic heterocycles. The maximum Gasteiger partial charge on any atom is 0.223 e. The predicted molar refractivity (Wildman–Crippen MR) is 75.1 cm³/mol. The molecule has 18 heavy (non-hydrogen) atoms. The summed E-state index contributed by atoms with van der Waals surface area (Å²) in [5.74, 6) is 1.07. The summed E-state index contributed by atoms with van der Waals surface area (Å²) in [6.45, 7) is 7.85. The van der Waals surface area contributed by atoms with Crippen LogP contribution in [0, 0.1) is 5.92 Å². The number of halogens is 1. The quantitative estimate of drug-likeness (QED) is 0.800. The molecule has 5 heteroatoms. The Bertz CT molecular complexity index is 438. The highest BCUT2D eigenvalue weighted by molar-refractivity contribution is 7.09. The van der Waals surface area contributed by atoms with Crippen LogP contribution < -0.4 is 0 Å². The van der Waals surface area contributed by atoms with Crippen LogP contribution in [0.1, 0.15) is 37.9 Å². The second-order valence-corrected chi connectivity index (χ2v) is 7.13. The van der Waals surface area contributed by atoms with Gasteiger partial charge in [0.2, 0.25) is 5.91 Å². The van der Waals surface area contributed by atoms with Gasteiger partial charge in [-0.2, -0.15) is 0 Å². The van der Waals surface area contributed by atoms with E-state index in [0.717, 1.165) is 17.2 Å². The third-order valence-corrected chi connectivity index (χ3v) is 4.43. The molecule has 1 atom stereocenters. The number of hydrogen-bond acceptors (Lipinski definition) is 3. The zero-order valence-corrected chi connectivity index (χ0v) is 12.6. The molecule has 1 unspecified atom stereocenters. The maximum absolute atomic E-state index is 11.8. The van der Waals surface area contributed by atoms with Crippen LogP contribution in [0.15, 0.2) is 5.38 Å². The van der Waals surface area contributed by atoms with Crippen LogP contribution in [-0.4, -0.2) is 28.2 Å². The van der Waals surface area contributed by atoms with Gasteiger partial charge in [0.25, 0.3) is 0 Å². The Morgan fingerprint density at radius 1 is 1.56 bits per heavy atom. The van der Waals surface area contributed by atoms with Gasteiger partial charge >= 0.3 is 0 Å². The first-order valence-electron chi connectivity index (χ1n) is 6.19. The molecule has 1 aliphatic rings. The lowest BCUT2D eigenvalue weighted by Crippen LogP contribution is -2.24. The fraction of sp³-hybridized carbons (Fsp3) is 0.692. The van der Waals surface area contributed by atoms with Crippen molar-refractivity contribution in [3.63, 3.8) is 0 Å². The van der Waals surface area contributed by atoms with E-state index >= 15 is 0 Å². The minimum atomic E-state index is 0.0719. The van der Waals surface area contributed by atoms with E-state index in [1.54, 1.807) is 11.3 Å². The van der Waals surface area contributed by atoms with Crippen LogP contribution in [0.4, 0.5) is 0 Å². The predicted octanol–water partition coefficient (Wildman–Crippen LogP) is 3.03. The minimum Gasteiger partial charge on any atom is -0.336 e. The molecule has 0 aliphatic carbocycles. The summed E-state index contributed by atoms with van der Waals surface area (Å²) in [7, 11) is 0. The van der Waals surface area contributed by atoms with Gasteiger partial charge in [0.1, 0.15) is 5.01 Å². The lowest BCUT2D eigenvalue weighted by atomic mass is 9.93. The summed E-state index contributed by atoms with van der Waals surface area (Å²) in [5, 5.41) is 3.11. The number of alkyl halides is 1. The Kier molecular flexibility index (Phi) is 3.97. The summed E-state index contributed by atoms with van der Waals surface area (Å²) in [4.78, 5) is 18.3. The van der Waals surface area contributed by atoms with Gasteiger partial charge < -0.3 is 4.90 Å². The summed E-state index contributed by atoms with van der Waals surface area (Å²) in [6, 6.07) is 0. The average molecular weight is 287 g/mol. The van der Waals surface area contributed by atoms with Gasteiger partial charge in [0, 0.05) is 29.6 Å². The van der Waals surface area contributed by atoms with E-state index in [0.29, 0.717) is 24.8 Å². The molecule has 1 amide bonds. The summed E-state index contributed by atoms with van der Waals surface area (Å²) in [5.41, 5.74) is 1.17. The number of hydrogen-bond donors (Lipinski definition) is 0. The summed E-state index contributed by atoms with van der Waals surface area (Å²) >= 11 is 7.45. The average Bonchev–Trinajstić information content (AvgIpc) is 2.86. The Labute approximate surface area is 117 Å². The highest BCUT2D eigenvalue weighted by atomic mass is 35.5. The van der Waals surface area contributed by atoms with Crippen molar-refractivity contribution < 1.29 is 4.79 Å². The SMILES string of the molecule is CC(C)(C)c1csc(CN2CC(CCl)CC2=O)n1. The molecule has 1 fully saturated rings. The Morgan fingerprint density at radius 3 is 2.78 bits per heavy atom. The summed E-state index contributed by atoms with van der Waals surface area (Å²) in [6.07, 6.45) is 0.584. The van der Waals surface area contributed by atoms with Crippen molar-refractivity contribution in [2.45, 2.75) is 39.2 Å². The number of thiazole rings is 1. The molecule has 0 radical (unpaired) electrons. The molecule has 1 aromatic rings. The number of amides is 1. The molecular formula is C13H19ClN2OS. The Morgan fingerprint density at radius 2 is 2.28 bits per heavy atom. The lowest BCUT2D eigenvalue weighted by molar-refractivity contribution is -0.128. The first-order chi connectivity index (χ1) is 8.40. The maximum atomic E-state index is 11.8. The largest absolute Gasteiger partial charge is 0.336 e. The summed E-state index contributed by atoms with van der Waals surface area (Å²) < 4.78 is 0. The van der Waals surface area contributed by atoms with Crippen LogP contribution in [0.25, 0.3) is 0 Å². The van der Waals surface area contributed by atoms with E-state index in [1.165, 1.54) is 0 Å². The smallest absolute Gasteiger partial charge is 0.223 e. The molecule has 0 bridgehead atoms. The van der Waals surface area contributed by atoms with Crippen molar-refractivity contribution in [3.8, 4) is 0 Å². The van der Waals surface area contributed by atoms with E-state index in [1.807, 2.05) is 4.90 Å². The second-order valence-electron chi connectivity index (χ2n) is 5.88. The number of likely N-dealkylation sites (tertiary alicyclic amines) is 1. The van der Waals surface area contributed by atoms with Crippen LogP contribution in [0.3, 0.4) is 0 Å². The fourth-order valence-corrected chi connectivity index (χ4v) is 3.24. The van der Waals surface area contributed by atoms with Crippen LogP contribution in [0.2, 0.25) is 0 Å². The van der Waals surface area contributed by atoms with Crippen molar-refractivity contribution in [2.75, 3.05) is 12.4 Å². The van der Waals surface area contributed by atoms with E-state index in [9.17, 15) is 4.79 Å². The molecule has 2 heterocycles. The molecule has 1 aromatic heterocycles. The van der Waals surface area contributed by atoms with Gasteiger partial charge in [-0.15, -0.1) is 22.9 Å². The van der Waals surface area contributed by atoms with Crippen LogP contribution >= 0.6 is 22.9 Å². The van der Waals surface area contributed by atoms with Gasteiger partial charge in [-0.25, -0.2) is 4.98 Å². The molecule has 1 saturated heterocycles. The molecular weight excluding hydrogens is 268 g/mol. The minimum absolute atomic E-state index is 0.0719. The van der Waals surface area contributed by atoms with Crippen molar-refractivity contribution in [2.24, 2.45) is 5.92 Å². The third-order valence-electron chi connectivity index (χ3n) is 3.16. The molecule has 3 nitrogen and oxygen atoms in total. The molecule has 0 spiro atoms. The highest BCUT2D eigenvalue weighted by Gasteiger charge is 2.29. The van der Waals surface area contributed by atoms with E-state index in [2.05, 4.69) is 31.1 Å². The molecule has 100 valence electrons. The second kappa shape index (κ2) is 5.17. The molecule has 0 aromatic carbocycles. The first-order valence-corrected chi connectivity index (χ1v) is 7.60. The van der Waals surface area contributed by atoms with Crippen molar-refractivity contribution in [1.82, 2.24) is 9.88 Å². The van der Waals surface area contributed by atoms with E-state index in [-0.39, 0.29) is 11.3 Å². The van der Waals surface area contributed by atoms with E-state index < -0.39 is 0 Å². The molecule has 0 saturated carbocycles. The molecule has 0 N–H and O–H groups in total. The van der Waals surface area contributed by atoms with Crippen LogP contribution in [-0.2, 0) is 16.8 Å². The van der Waals surface area contributed by atoms with Gasteiger partial charge in [-0.1, -0.05) is 20.8 Å². The van der Waals surface area contributed by atoms with Crippen LogP contribution in [0.5, 0.6) is 0 Å². The number of carbonyl (C=O) groups excluding carboxylic acids is 1. The monoisotopic (exact) mass is 286 g/mol. The zero-order valence-electron chi connectivity index (χ0n) is 11.1. The standard InChI is InChI=1S/C13H19ClN2OS/c1-13(2,3)10-8-18-11(15-10)7-16-6-9(5-14)4-12(16)17/h8-9H,4-7H2,1-3H3. The number of carbonyl (C=O) groups is 1. The normalized spacial score (nSPS) is 20.8. The van der Waals surface area contributed by atoms with Crippen molar-refractivity contribution in [1.29, 1.82) is 0 Å². The number of aromatic nitrogens is 1. The highest BCUT2D eigenvalue weighted by Crippen LogP contribution is 2.26. The van der Waals surface area contributed by atoms with Gasteiger partial charge in [0.15, 0.2) is 0 Å². The zero-order chi connectivity index (χ0) is 13.3.